The number of hydrogen-bond donors (Lipinski definition) is 3. The van der Waals surface area contributed by atoms with Crippen molar-refractivity contribution >= 4 is 45.4 Å². The number of β-lactam (4-membered cyclic amide) rings is 1. The molecule has 4 rings (SSSR count). The van der Waals surface area contributed by atoms with Crippen molar-refractivity contribution in [2.45, 2.75) is 30.5 Å². The third-order valence-corrected chi connectivity index (χ3v) is 7.58. The molecular weight excluding hydrogens is 388 g/mol. The van der Waals surface area contributed by atoms with Crippen LogP contribution in [0.3, 0.4) is 0 Å². The molecule has 0 unspecified atom stereocenters. The molecule has 0 aromatic carbocycles. The van der Waals surface area contributed by atoms with Gasteiger partial charge < -0.3 is 20.8 Å². The predicted molar refractivity (Wildman–Crippen MR) is 101 cm³/mol. The Bertz CT molecular complexity index is 977. The third kappa shape index (κ3) is 2.70. The van der Waals surface area contributed by atoms with Gasteiger partial charge >= 0.3 is 5.97 Å². The van der Waals surface area contributed by atoms with Crippen LogP contribution in [0.15, 0.2) is 23.2 Å². The summed E-state index contributed by atoms with van der Waals surface area (Å²) in [5, 5.41) is 20.7. The summed E-state index contributed by atoms with van der Waals surface area (Å²) < 4.78 is 4.01. The summed E-state index contributed by atoms with van der Waals surface area (Å²) in [5.74, 6) is -1.15. The van der Waals surface area contributed by atoms with E-state index >= 15 is 0 Å². The van der Waals surface area contributed by atoms with Crippen molar-refractivity contribution in [1.82, 2.24) is 9.30 Å². The lowest BCUT2D eigenvalue weighted by Crippen LogP contribution is -2.61. The van der Waals surface area contributed by atoms with Crippen LogP contribution in [0.1, 0.15) is 18.2 Å². The van der Waals surface area contributed by atoms with Crippen molar-refractivity contribution in [2.75, 3.05) is 12.3 Å². The number of thioether (sulfide) groups is 1. The van der Waals surface area contributed by atoms with Crippen LogP contribution in [0.4, 0.5) is 0 Å². The monoisotopic (exact) mass is 409 g/mol. The van der Waals surface area contributed by atoms with Crippen molar-refractivity contribution in [3.05, 3.63) is 23.1 Å². The van der Waals surface area contributed by atoms with Crippen LogP contribution in [-0.4, -0.2) is 55.8 Å². The zero-order chi connectivity index (χ0) is 19.5. The quantitative estimate of drug-likeness (QED) is 0.359. The van der Waals surface area contributed by atoms with Crippen LogP contribution >= 0.6 is 23.1 Å². The van der Waals surface area contributed by atoms with E-state index in [9.17, 15) is 19.8 Å². The van der Waals surface area contributed by atoms with Crippen molar-refractivity contribution < 1.29 is 24.4 Å². The number of carboxylic acid groups (broad SMARTS) is 1. The zero-order valence-corrected chi connectivity index (χ0v) is 16.6. The van der Waals surface area contributed by atoms with Crippen LogP contribution in [0, 0.1) is 5.92 Å². The Kier molecular flexibility index (Phi) is 4.53. The number of amides is 1. The summed E-state index contributed by atoms with van der Waals surface area (Å²) in [6.07, 6.45) is 3.52. The molecule has 2 aromatic rings. The number of rotatable bonds is 6. The van der Waals surface area contributed by atoms with Crippen LogP contribution < -0.4 is 10.3 Å². The van der Waals surface area contributed by atoms with E-state index < -0.39 is 18.0 Å². The van der Waals surface area contributed by atoms with Crippen LogP contribution in [0.25, 0.3) is 10.4 Å². The normalized spacial score (nSPS) is 23.1. The number of imidazole rings is 1. The highest BCUT2D eigenvalue weighted by atomic mass is 32.2. The number of carbonyl (C=O) groups excluding carboxylic acids is 1. The van der Waals surface area contributed by atoms with Gasteiger partial charge in [-0.3, -0.25) is 4.79 Å². The predicted octanol–water partition coefficient (Wildman–Crippen LogP) is 0.283. The largest absolute Gasteiger partial charge is 0.477 e. The number of aliphatic hydroxyl groups is 1. The van der Waals surface area contributed by atoms with Crippen molar-refractivity contribution in [3.63, 3.8) is 0 Å². The number of aliphatic carboxylic acids is 1. The maximum absolute atomic E-state index is 12.4. The first-order valence-corrected chi connectivity index (χ1v) is 10.5. The molecule has 2 aliphatic heterocycles. The van der Waals surface area contributed by atoms with E-state index in [1.54, 1.807) is 18.7 Å². The molecule has 0 bridgehead atoms. The average Bonchev–Trinajstić information content (AvgIpc) is 3.21. The number of aromatic nitrogens is 2. The van der Waals surface area contributed by atoms with Crippen LogP contribution in [-0.2, 0) is 16.6 Å². The van der Waals surface area contributed by atoms with Gasteiger partial charge in [-0.15, -0.1) is 0 Å². The fraction of sp³-hybridized carbons (Fsp3) is 0.471. The van der Waals surface area contributed by atoms with Crippen LogP contribution in [0.5, 0.6) is 0 Å². The molecule has 1 fully saturated rings. The second-order valence-electron chi connectivity index (χ2n) is 6.85. The molecular formula is C17H21N4O4S2+. The minimum Gasteiger partial charge on any atom is -0.477 e. The van der Waals surface area contributed by atoms with Gasteiger partial charge in [0.15, 0.2) is 0 Å². The minimum absolute atomic E-state index is 0.0481. The summed E-state index contributed by atoms with van der Waals surface area (Å²) in [4.78, 5) is 27.4. The van der Waals surface area contributed by atoms with Crippen LogP contribution in [0.2, 0.25) is 0 Å². The van der Waals surface area contributed by atoms with Crippen molar-refractivity contribution in [3.8, 4) is 0 Å². The maximum atomic E-state index is 12.4. The Morgan fingerprint density at radius 2 is 2.30 bits per heavy atom. The number of carboxylic acids is 1. The first-order valence-electron chi connectivity index (χ1n) is 8.66. The van der Waals surface area contributed by atoms with Gasteiger partial charge in [-0.25, -0.2) is 9.36 Å². The molecule has 1 amide bonds. The summed E-state index contributed by atoms with van der Waals surface area (Å²) in [6, 6.07) is -0.276. The van der Waals surface area contributed by atoms with Gasteiger partial charge in [-0.2, -0.15) is 4.40 Å². The number of nitrogens with zero attached hydrogens (tertiary/aromatic N) is 3. The van der Waals surface area contributed by atoms with Gasteiger partial charge in [0.05, 0.1) is 30.0 Å². The van der Waals surface area contributed by atoms with Gasteiger partial charge in [0.1, 0.15) is 11.9 Å². The highest BCUT2D eigenvalue weighted by molar-refractivity contribution is 7.99. The Hall–Kier alpha value is -1.88. The molecule has 1 saturated heterocycles. The third-order valence-electron chi connectivity index (χ3n) is 5.08. The number of nitrogens with two attached hydrogens (primary N) is 1. The number of aryl methyl sites for hydroxylation is 1. The van der Waals surface area contributed by atoms with E-state index in [2.05, 4.69) is 0 Å². The first-order chi connectivity index (χ1) is 12.8. The van der Waals surface area contributed by atoms with E-state index in [0.29, 0.717) is 18.5 Å². The minimum atomic E-state index is -1.11. The van der Waals surface area contributed by atoms with Crippen molar-refractivity contribution in [2.24, 2.45) is 18.7 Å². The molecule has 4 N–H and O–H groups in total. The second kappa shape index (κ2) is 6.62. The molecule has 0 saturated carbocycles. The SMILES string of the molecule is C[C@@H](O)[C@H]1C(=O)N2C(C(=O)O)=C(c3cn4c[n+](C)c(SCCN)c4s3)C[C@H]12. The number of hydrogen-bond acceptors (Lipinski definition) is 6. The van der Waals surface area contributed by atoms with Gasteiger partial charge in [-0.1, -0.05) is 23.1 Å². The number of carbonyl (C=O) groups is 2. The fourth-order valence-corrected chi connectivity index (χ4v) is 6.15. The highest BCUT2D eigenvalue weighted by Gasteiger charge is 2.57. The van der Waals surface area contributed by atoms with Gasteiger partial charge in [-0.05, 0) is 13.3 Å². The average molecular weight is 410 g/mol. The van der Waals surface area contributed by atoms with E-state index in [0.717, 1.165) is 20.5 Å². The van der Waals surface area contributed by atoms with E-state index in [-0.39, 0.29) is 17.6 Å². The Labute approximate surface area is 163 Å². The lowest BCUT2D eigenvalue weighted by Gasteiger charge is -2.44. The lowest BCUT2D eigenvalue weighted by atomic mass is 9.83. The summed E-state index contributed by atoms with van der Waals surface area (Å²) in [7, 11) is 1.97. The number of aliphatic hydroxyl groups excluding tert-OH is 1. The molecule has 2 aliphatic rings. The molecule has 0 aliphatic carbocycles. The Morgan fingerprint density at radius 3 is 2.93 bits per heavy atom. The summed E-state index contributed by atoms with van der Waals surface area (Å²) >= 11 is 3.18. The Balaban J connectivity index is 1.75. The molecule has 10 heteroatoms. The molecule has 0 spiro atoms. The molecule has 8 nitrogen and oxygen atoms in total. The maximum Gasteiger partial charge on any atom is 0.352 e. The van der Waals surface area contributed by atoms with E-state index in [4.69, 9.17) is 5.73 Å². The van der Waals surface area contributed by atoms with E-state index in [1.807, 2.05) is 28.5 Å². The second-order valence-corrected chi connectivity index (χ2v) is 8.97. The number of thiazole rings is 1. The molecule has 144 valence electrons. The number of fused-ring (bicyclic) bond motifs is 2. The molecule has 4 heterocycles. The molecule has 0 radical (unpaired) electrons. The lowest BCUT2D eigenvalue weighted by molar-refractivity contribution is -0.705. The van der Waals surface area contributed by atoms with Gasteiger partial charge in [0.2, 0.25) is 22.1 Å². The van der Waals surface area contributed by atoms with Crippen molar-refractivity contribution in [1.29, 1.82) is 0 Å². The van der Waals surface area contributed by atoms with Gasteiger partial charge in [0.25, 0.3) is 0 Å². The van der Waals surface area contributed by atoms with E-state index in [1.165, 1.54) is 16.2 Å². The topological polar surface area (TPSA) is 112 Å². The zero-order valence-electron chi connectivity index (χ0n) is 15.0. The Morgan fingerprint density at radius 1 is 1.56 bits per heavy atom. The summed E-state index contributed by atoms with van der Waals surface area (Å²) in [5.41, 5.74) is 6.33. The molecule has 27 heavy (non-hydrogen) atoms. The van der Waals surface area contributed by atoms with Gasteiger partial charge in [0, 0.05) is 17.9 Å². The molecule has 3 atom stereocenters. The fourth-order valence-electron chi connectivity index (χ4n) is 3.95. The smallest absolute Gasteiger partial charge is 0.352 e. The highest BCUT2D eigenvalue weighted by Crippen LogP contribution is 2.48. The standard InChI is InChI=1S/C17H20N4O4S2/c1-8(22)12-10-5-9(13(17(24)25)21(10)14(12)23)11-6-20-7-19(2)15(16(20)27-11)26-4-3-18/h6-8,10,12,22H,3-5,18H2,1-2H3/p+1/t8-,10-,12-/m1/s1. The first kappa shape index (κ1) is 18.5. The summed E-state index contributed by atoms with van der Waals surface area (Å²) in [6.45, 7) is 2.16. The molecule has 2 aromatic heterocycles.